The van der Waals surface area contributed by atoms with E-state index >= 15 is 0 Å². The van der Waals surface area contributed by atoms with Crippen molar-refractivity contribution in [2.24, 2.45) is 19.1 Å². The molecule has 2 aliphatic rings. The van der Waals surface area contributed by atoms with Crippen LogP contribution in [0.25, 0.3) is 77.2 Å². The highest BCUT2D eigenvalue weighted by Crippen LogP contribution is 2.39. The maximum absolute atomic E-state index is 14.4. The monoisotopic (exact) mass is 1290 g/mol. The van der Waals surface area contributed by atoms with E-state index in [1.807, 2.05) is 151 Å². The van der Waals surface area contributed by atoms with Crippen molar-refractivity contribution in [3.63, 3.8) is 0 Å². The Hall–Kier alpha value is -10.5. The van der Waals surface area contributed by atoms with Crippen molar-refractivity contribution in [1.82, 2.24) is 57.8 Å². The molecule has 1 fully saturated rings. The van der Waals surface area contributed by atoms with Gasteiger partial charge in [0.2, 0.25) is 0 Å². The van der Waals surface area contributed by atoms with E-state index < -0.39 is 34.0 Å². The highest BCUT2D eigenvalue weighted by molar-refractivity contribution is 5.98. The molecule has 17 nitrogen and oxygen atoms in total. The molecule has 96 heavy (non-hydrogen) atoms. The number of para-hydroxylation sites is 2. The molecule has 0 saturated heterocycles. The maximum atomic E-state index is 14.4. The molecule has 14 rings (SSSR count). The van der Waals surface area contributed by atoms with Gasteiger partial charge in [-0.2, -0.15) is 10.2 Å². The third kappa shape index (κ3) is 13.2. The molecule has 0 N–H and O–H groups in total. The van der Waals surface area contributed by atoms with E-state index in [0.29, 0.717) is 62.8 Å². The lowest BCUT2D eigenvalue weighted by molar-refractivity contribution is 0.485. The number of benzene rings is 6. The molecule has 0 amide bonds. The Bertz CT molecular complexity index is 5310. The molecule has 7 heterocycles. The van der Waals surface area contributed by atoms with E-state index in [4.69, 9.17) is 9.97 Å². The molecule has 1 aliphatic heterocycles. The van der Waals surface area contributed by atoms with Gasteiger partial charge >= 0.3 is 0 Å². The van der Waals surface area contributed by atoms with E-state index in [9.17, 15) is 32.3 Å². The van der Waals surface area contributed by atoms with E-state index in [-0.39, 0.29) is 38.4 Å². The van der Waals surface area contributed by atoms with Crippen LogP contribution in [0.2, 0.25) is 0 Å². The van der Waals surface area contributed by atoms with Gasteiger partial charge in [0, 0.05) is 65.3 Å². The van der Waals surface area contributed by atoms with Crippen molar-refractivity contribution in [1.29, 1.82) is 0 Å². The van der Waals surface area contributed by atoms with Gasteiger partial charge in [-0.15, -0.1) is 0 Å². The van der Waals surface area contributed by atoms with Gasteiger partial charge in [-0.25, -0.2) is 37.7 Å². The minimum absolute atomic E-state index is 0.00787. The molecule has 12 aromatic rings. The number of allylic oxidation sites excluding steroid dienone is 1. The third-order valence-electron chi connectivity index (χ3n) is 16.4. The number of aryl methyl sites for hydroxylation is 3. The molecular weight excluding hydrogens is 1220 g/mol. The van der Waals surface area contributed by atoms with Crippen molar-refractivity contribution >= 4 is 49.4 Å². The van der Waals surface area contributed by atoms with Gasteiger partial charge in [-0.3, -0.25) is 47.2 Å². The summed E-state index contributed by atoms with van der Waals surface area (Å²) >= 11 is 0. The second-order valence-electron chi connectivity index (χ2n) is 28.4. The maximum Gasteiger partial charge on any atom is 0.270 e. The molecule has 0 atom stereocenters. The number of halogens is 3. The second kappa shape index (κ2) is 25.7. The smallest absolute Gasteiger partial charge is 0.270 e. The first kappa shape index (κ1) is 66.9. The van der Waals surface area contributed by atoms with Gasteiger partial charge in [0.05, 0.1) is 62.9 Å². The lowest BCUT2D eigenvalue weighted by Gasteiger charge is -2.24. The summed E-state index contributed by atoms with van der Waals surface area (Å²) in [7, 11) is 3.75. The average molecular weight is 1290 g/mol. The minimum Gasteiger partial charge on any atom is -0.293 e. The number of aromatic nitrogens is 12. The molecular formula is C76H78F3N13O4. The predicted molar refractivity (Wildman–Crippen MR) is 376 cm³/mol. The Balaban J connectivity index is 0.000000131. The van der Waals surface area contributed by atoms with Crippen molar-refractivity contribution in [3.8, 4) is 33.6 Å². The predicted octanol–water partition coefficient (Wildman–Crippen LogP) is 14.4. The van der Waals surface area contributed by atoms with Gasteiger partial charge in [0.15, 0.2) is 0 Å². The standard InChI is InChI=1S/C22H22N4O.C19H18F2N2O.C19H22N4O.C16H16FN3O/c1-22(2,3)21-24-18-12-8-11-17(15-13-23-25(4)14-15)19(18)20(27)26(21)16-9-6-5-7-10-16;1-11-7-5-10-14-15(11)17(24)23(18(22-14)19(2,3)4)16-12(20)8-6-9-13(16)21;1-19(2,3)18-21-15-7-5-6-14(12-10-20-22(4)11-12)16(15)17(24)23(18)13-8-9-13;1-16(2,3)15-19-11-7-4-6-10(17)13(11)14(21)20(15)12-8-5-9-18-12/h5-14H,1-4H3;5-10H,1-4H3;5-7,10-11,13H,8-9H2,1-4H3;4-8H,9H2,1-3H3. The number of hydrogen-bond donors (Lipinski definition) is 0. The summed E-state index contributed by atoms with van der Waals surface area (Å²) in [6.45, 7) is 26.3. The van der Waals surface area contributed by atoms with Gasteiger partial charge in [-0.05, 0) is 97.1 Å². The molecule has 0 unspecified atom stereocenters. The SMILES string of the molecule is CC(C)(C)c1nc2cccc(F)c2c(=O)n1C1=NCC=C1.Cc1cccc2nc(C(C)(C)C)n(-c3c(F)cccc3F)c(=O)c12.Cn1cc(-c2cccc3nc(C(C)(C)C)n(-c4ccccc4)c(=O)c23)cn1.Cn1cc(-c2cccc3nc(C(C)(C)C)n(C4CC4)c(=O)c23)cn1. The van der Waals surface area contributed by atoms with Crippen LogP contribution in [0.15, 0.2) is 182 Å². The highest BCUT2D eigenvalue weighted by Gasteiger charge is 2.34. The average Bonchev–Trinajstić information content (AvgIpc) is 1.03. The molecule has 0 bridgehead atoms. The van der Waals surface area contributed by atoms with Crippen molar-refractivity contribution in [2.75, 3.05) is 6.54 Å². The summed E-state index contributed by atoms with van der Waals surface area (Å²) in [5.41, 5.74) is 4.90. The lowest BCUT2D eigenvalue weighted by atomic mass is 9.94. The number of rotatable bonds is 5. The minimum atomic E-state index is -0.794. The first-order chi connectivity index (χ1) is 45.3. The number of aliphatic imine (C=N–C) groups is 1. The fourth-order valence-corrected chi connectivity index (χ4v) is 11.8. The van der Waals surface area contributed by atoms with E-state index in [1.165, 1.54) is 16.7 Å². The van der Waals surface area contributed by atoms with Crippen molar-refractivity contribution in [2.45, 2.75) is 131 Å². The first-order valence-corrected chi connectivity index (χ1v) is 31.9. The Morgan fingerprint density at radius 3 is 1.33 bits per heavy atom. The van der Waals surface area contributed by atoms with Crippen LogP contribution in [0.3, 0.4) is 0 Å². The van der Waals surface area contributed by atoms with Crippen LogP contribution < -0.4 is 22.2 Å². The largest absolute Gasteiger partial charge is 0.293 e. The van der Waals surface area contributed by atoms with E-state index in [0.717, 1.165) is 80.2 Å². The quantitative estimate of drug-likeness (QED) is 0.160. The Morgan fingerprint density at radius 2 is 0.854 bits per heavy atom. The molecule has 1 aliphatic carbocycles. The van der Waals surface area contributed by atoms with Crippen LogP contribution in [0, 0.1) is 24.4 Å². The van der Waals surface area contributed by atoms with Crippen molar-refractivity contribution < 1.29 is 13.2 Å². The summed E-state index contributed by atoms with van der Waals surface area (Å²) in [5, 5.41) is 10.2. The Labute approximate surface area is 553 Å². The summed E-state index contributed by atoms with van der Waals surface area (Å²) in [6.07, 6.45) is 13.2. The van der Waals surface area contributed by atoms with E-state index in [2.05, 4.69) is 66.7 Å². The van der Waals surface area contributed by atoms with E-state index in [1.54, 1.807) is 63.6 Å². The van der Waals surface area contributed by atoms with Crippen LogP contribution in [-0.4, -0.2) is 70.1 Å². The zero-order valence-electron chi connectivity index (χ0n) is 56.8. The molecule has 6 aromatic heterocycles. The zero-order valence-corrected chi connectivity index (χ0v) is 56.8. The fourth-order valence-electron chi connectivity index (χ4n) is 11.8. The van der Waals surface area contributed by atoms with Crippen molar-refractivity contribution in [3.05, 3.63) is 246 Å². The summed E-state index contributed by atoms with van der Waals surface area (Å²) in [4.78, 5) is 76.1. The Kier molecular flexibility index (Phi) is 17.9. The van der Waals surface area contributed by atoms with Gasteiger partial charge in [-0.1, -0.05) is 156 Å². The molecule has 6 aromatic carbocycles. The lowest BCUT2D eigenvalue weighted by Crippen LogP contribution is -2.35. The van der Waals surface area contributed by atoms with Gasteiger partial charge in [0.25, 0.3) is 22.2 Å². The van der Waals surface area contributed by atoms with Crippen LogP contribution in [-0.2, 0) is 35.8 Å². The third-order valence-corrected chi connectivity index (χ3v) is 16.4. The molecule has 0 radical (unpaired) electrons. The summed E-state index contributed by atoms with van der Waals surface area (Å²) < 4.78 is 52.4. The van der Waals surface area contributed by atoms with Crippen LogP contribution in [0.4, 0.5) is 13.2 Å². The summed E-state index contributed by atoms with van der Waals surface area (Å²) in [5.74, 6) is 0.893. The van der Waals surface area contributed by atoms with Crippen LogP contribution >= 0.6 is 0 Å². The van der Waals surface area contributed by atoms with Crippen LogP contribution in [0.1, 0.15) is 131 Å². The topological polar surface area (TPSA) is 188 Å². The summed E-state index contributed by atoms with van der Waals surface area (Å²) in [6, 6.07) is 35.1. The zero-order chi connectivity index (χ0) is 69.1. The molecule has 20 heteroatoms. The number of fused-ring (bicyclic) bond motifs is 4. The first-order valence-electron chi connectivity index (χ1n) is 31.9. The number of nitrogens with zero attached hydrogens (tertiary/aromatic N) is 13. The fraction of sp³-hybridized carbons (Fsp3) is 0.303. The normalized spacial score (nSPS) is 13.3. The van der Waals surface area contributed by atoms with Crippen LogP contribution in [0.5, 0.6) is 0 Å². The molecule has 0 spiro atoms. The number of hydrogen-bond acceptors (Lipinski definition) is 11. The highest BCUT2D eigenvalue weighted by atomic mass is 19.1. The Morgan fingerprint density at radius 1 is 0.438 bits per heavy atom. The molecule has 1 saturated carbocycles. The van der Waals surface area contributed by atoms with Gasteiger partial charge < -0.3 is 0 Å². The second-order valence-corrected chi connectivity index (χ2v) is 28.4. The molecule has 492 valence electrons. The van der Waals surface area contributed by atoms with Gasteiger partial charge in [0.1, 0.15) is 57.7 Å².